The van der Waals surface area contributed by atoms with Gasteiger partial charge in [0.15, 0.2) is 23.2 Å². The van der Waals surface area contributed by atoms with E-state index in [1.54, 1.807) is 12.1 Å². The Kier molecular flexibility index (Phi) is 4.92. The Balaban J connectivity index is 1.70. The van der Waals surface area contributed by atoms with Crippen LogP contribution in [0.5, 0.6) is 5.75 Å². The van der Waals surface area contributed by atoms with Crippen LogP contribution in [0.2, 0.25) is 0 Å². The summed E-state index contributed by atoms with van der Waals surface area (Å²) in [6, 6.07) is 4.52. The molecule has 1 aromatic carbocycles. The van der Waals surface area contributed by atoms with E-state index in [-0.39, 0.29) is 17.6 Å². The van der Waals surface area contributed by atoms with E-state index in [2.05, 4.69) is 15.3 Å². The third-order valence-electron chi connectivity index (χ3n) is 4.18. The first-order chi connectivity index (χ1) is 11.6. The fourth-order valence-electron chi connectivity index (χ4n) is 2.44. The molecule has 1 saturated carbocycles. The van der Waals surface area contributed by atoms with E-state index in [9.17, 15) is 8.78 Å². The summed E-state index contributed by atoms with van der Waals surface area (Å²) in [4.78, 5) is 7.83. The van der Waals surface area contributed by atoms with Crippen molar-refractivity contribution < 1.29 is 13.5 Å². The van der Waals surface area contributed by atoms with Crippen LogP contribution in [-0.4, -0.2) is 16.6 Å². The zero-order valence-electron chi connectivity index (χ0n) is 13.9. The summed E-state index contributed by atoms with van der Waals surface area (Å²) in [5, 5.41) is 2.97. The van der Waals surface area contributed by atoms with Crippen molar-refractivity contribution in [2.24, 2.45) is 5.92 Å². The van der Waals surface area contributed by atoms with Crippen molar-refractivity contribution >= 4 is 5.82 Å². The summed E-state index contributed by atoms with van der Waals surface area (Å²) in [5.74, 6) is 0.0947. The maximum absolute atomic E-state index is 14.2. The molecule has 1 unspecified atom stereocenters. The summed E-state index contributed by atoms with van der Waals surface area (Å²) >= 11 is 0. The van der Waals surface area contributed by atoms with Crippen molar-refractivity contribution in [2.45, 2.75) is 39.2 Å². The monoisotopic (exact) mass is 333 g/mol. The Morgan fingerprint density at radius 2 is 2.08 bits per heavy atom. The van der Waals surface area contributed by atoms with Crippen molar-refractivity contribution in [2.75, 3.05) is 11.9 Å². The number of hydrogen-bond donors (Lipinski definition) is 1. The Morgan fingerprint density at radius 1 is 1.29 bits per heavy atom. The molecule has 0 radical (unpaired) electrons. The minimum Gasteiger partial charge on any atom is -0.490 e. The maximum atomic E-state index is 14.2. The first-order valence-electron chi connectivity index (χ1n) is 8.26. The Labute approximate surface area is 140 Å². The molecular formula is C18H21F2N3O. The lowest BCUT2D eigenvalue weighted by Gasteiger charge is -2.17. The van der Waals surface area contributed by atoms with Gasteiger partial charge in [-0.25, -0.2) is 18.7 Å². The summed E-state index contributed by atoms with van der Waals surface area (Å²) in [6.45, 7) is 4.22. The van der Waals surface area contributed by atoms with Gasteiger partial charge in [0.1, 0.15) is 6.33 Å². The molecule has 1 N–H and O–H groups in total. The molecule has 0 amide bonds. The quantitative estimate of drug-likeness (QED) is 0.821. The standard InChI is InChI=1S/C18H21F2N3O/c1-3-15-17(20)18(22-10-21-15)23-11(2)13-6-7-16(14(19)8-13)24-9-12-4-5-12/h6-8,10-12H,3-5,9H2,1-2H3,(H,21,22,23). The topological polar surface area (TPSA) is 47.0 Å². The van der Waals surface area contributed by atoms with E-state index in [0.717, 1.165) is 12.8 Å². The van der Waals surface area contributed by atoms with Crippen LogP contribution < -0.4 is 10.1 Å². The van der Waals surface area contributed by atoms with Crippen molar-refractivity contribution in [3.63, 3.8) is 0 Å². The van der Waals surface area contributed by atoms with Gasteiger partial charge >= 0.3 is 0 Å². The highest BCUT2D eigenvalue weighted by Gasteiger charge is 2.22. The molecule has 1 aliphatic carbocycles. The number of halogens is 2. The van der Waals surface area contributed by atoms with Gasteiger partial charge in [-0.15, -0.1) is 0 Å². The molecule has 2 aromatic rings. The van der Waals surface area contributed by atoms with E-state index >= 15 is 0 Å². The molecule has 0 bridgehead atoms. The highest BCUT2D eigenvalue weighted by molar-refractivity contribution is 5.41. The molecule has 1 heterocycles. The van der Waals surface area contributed by atoms with Crippen LogP contribution in [0, 0.1) is 17.6 Å². The minimum absolute atomic E-state index is 0.129. The lowest BCUT2D eigenvalue weighted by Crippen LogP contribution is -2.12. The number of ether oxygens (including phenoxy) is 1. The highest BCUT2D eigenvalue weighted by Crippen LogP contribution is 2.31. The van der Waals surface area contributed by atoms with E-state index in [4.69, 9.17) is 4.74 Å². The number of benzene rings is 1. The minimum atomic E-state index is -0.461. The van der Waals surface area contributed by atoms with Crippen LogP contribution in [0.1, 0.15) is 44.0 Å². The normalized spacial score (nSPS) is 15.2. The first kappa shape index (κ1) is 16.6. The molecule has 1 aromatic heterocycles. The molecule has 0 saturated heterocycles. The SMILES string of the molecule is CCc1ncnc(NC(C)c2ccc(OCC3CC3)c(F)c2)c1F. The Hall–Kier alpha value is -2.24. The summed E-state index contributed by atoms with van der Waals surface area (Å²) in [5.41, 5.74) is 1.05. The average Bonchev–Trinajstić information content (AvgIpc) is 3.40. The maximum Gasteiger partial charge on any atom is 0.186 e. The van der Waals surface area contributed by atoms with Crippen molar-refractivity contribution in [3.05, 3.63) is 47.4 Å². The fraction of sp³-hybridized carbons (Fsp3) is 0.444. The van der Waals surface area contributed by atoms with Crippen LogP contribution in [0.15, 0.2) is 24.5 Å². The van der Waals surface area contributed by atoms with Crippen molar-refractivity contribution in [1.29, 1.82) is 0 Å². The van der Waals surface area contributed by atoms with Gasteiger partial charge in [0.2, 0.25) is 0 Å². The van der Waals surface area contributed by atoms with Crippen LogP contribution in [0.4, 0.5) is 14.6 Å². The van der Waals surface area contributed by atoms with Gasteiger partial charge in [-0.1, -0.05) is 13.0 Å². The van der Waals surface area contributed by atoms with Gasteiger partial charge in [-0.05, 0) is 49.8 Å². The fourth-order valence-corrected chi connectivity index (χ4v) is 2.44. The molecule has 0 aliphatic heterocycles. The highest BCUT2D eigenvalue weighted by atomic mass is 19.1. The van der Waals surface area contributed by atoms with Gasteiger partial charge in [0.05, 0.1) is 18.3 Å². The van der Waals surface area contributed by atoms with Gasteiger partial charge in [-0.3, -0.25) is 0 Å². The summed E-state index contributed by atoms with van der Waals surface area (Å²) < 4.78 is 33.8. The Bertz CT molecular complexity index is 719. The molecule has 0 spiro atoms. The molecule has 24 heavy (non-hydrogen) atoms. The number of nitrogens with one attached hydrogen (secondary N) is 1. The number of aryl methyl sites for hydroxylation is 1. The molecule has 128 valence electrons. The molecule has 4 nitrogen and oxygen atoms in total. The molecular weight excluding hydrogens is 312 g/mol. The average molecular weight is 333 g/mol. The van der Waals surface area contributed by atoms with Gasteiger partial charge < -0.3 is 10.1 Å². The third kappa shape index (κ3) is 3.80. The molecule has 6 heteroatoms. The van der Waals surface area contributed by atoms with Crippen molar-refractivity contribution in [3.8, 4) is 5.75 Å². The molecule has 1 aliphatic rings. The second-order valence-corrected chi connectivity index (χ2v) is 6.15. The second-order valence-electron chi connectivity index (χ2n) is 6.15. The lowest BCUT2D eigenvalue weighted by molar-refractivity contribution is 0.285. The van der Waals surface area contributed by atoms with Crippen LogP contribution in [0.25, 0.3) is 0 Å². The van der Waals surface area contributed by atoms with Gasteiger partial charge in [0, 0.05) is 0 Å². The number of nitrogens with zero attached hydrogens (tertiary/aromatic N) is 2. The van der Waals surface area contributed by atoms with Gasteiger partial charge in [0.25, 0.3) is 0 Å². The van der Waals surface area contributed by atoms with E-state index in [0.29, 0.717) is 30.2 Å². The first-order valence-corrected chi connectivity index (χ1v) is 8.26. The number of aromatic nitrogens is 2. The zero-order chi connectivity index (χ0) is 17.1. The predicted octanol–water partition coefficient (Wildman–Crippen LogP) is 4.28. The number of rotatable bonds is 7. The largest absolute Gasteiger partial charge is 0.490 e. The summed E-state index contributed by atoms with van der Waals surface area (Å²) in [7, 11) is 0. The molecule has 3 rings (SSSR count). The zero-order valence-corrected chi connectivity index (χ0v) is 13.9. The summed E-state index contributed by atoms with van der Waals surface area (Å²) in [6.07, 6.45) is 4.13. The predicted molar refractivity (Wildman–Crippen MR) is 88.0 cm³/mol. The van der Waals surface area contributed by atoms with E-state index in [1.165, 1.54) is 12.4 Å². The molecule has 1 atom stereocenters. The Morgan fingerprint density at radius 3 is 2.75 bits per heavy atom. The number of anilines is 1. The molecule has 1 fully saturated rings. The third-order valence-corrected chi connectivity index (χ3v) is 4.18. The van der Waals surface area contributed by atoms with E-state index in [1.807, 2.05) is 13.8 Å². The lowest BCUT2D eigenvalue weighted by atomic mass is 10.1. The smallest absolute Gasteiger partial charge is 0.186 e. The second kappa shape index (κ2) is 7.11. The van der Waals surface area contributed by atoms with Gasteiger partial charge in [-0.2, -0.15) is 0 Å². The van der Waals surface area contributed by atoms with Crippen LogP contribution in [-0.2, 0) is 6.42 Å². The van der Waals surface area contributed by atoms with Crippen LogP contribution in [0.3, 0.4) is 0 Å². The van der Waals surface area contributed by atoms with Crippen molar-refractivity contribution in [1.82, 2.24) is 9.97 Å². The van der Waals surface area contributed by atoms with E-state index < -0.39 is 11.6 Å². The number of hydrogen-bond acceptors (Lipinski definition) is 4. The van der Waals surface area contributed by atoms with Crippen LogP contribution >= 0.6 is 0 Å².